The van der Waals surface area contributed by atoms with Crippen molar-refractivity contribution in [1.82, 2.24) is 15.1 Å². The van der Waals surface area contributed by atoms with Crippen LogP contribution in [-0.2, 0) is 16.6 Å². The second kappa shape index (κ2) is 6.38. The van der Waals surface area contributed by atoms with E-state index in [1.807, 2.05) is 6.92 Å². The summed E-state index contributed by atoms with van der Waals surface area (Å²) in [5.74, 6) is 0.155. The van der Waals surface area contributed by atoms with Gasteiger partial charge in [0.1, 0.15) is 0 Å². The van der Waals surface area contributed by atoms with Crippen LogP contribution in [0.3, 0.4) is 0 Å². The van der Waals surface area contributed by atoms with Crippen molar-refractivity contribution in [3.05, 3.63) is 12.4 Å². The smallest absolute Gasteiger partial charge is 0.232 e. The molecule has 0 saturated carbocycles. The molecule has 1 fully saturated rings. The Hall–Kier alpha value is -1.08. The molecule has 1 aliphatic rings. The zero-order valence-corrected chi connectivity index (χ0v) is 12.1. The molecule has 2 heterocycles. The van der Waals surface area contributed by atoms with Crippen molar-refractivity contribution in [2.45, 2.75) is 45.2 Å². The van der Waals surface area contributed by atoms with Crippen LogP contribution in [0.4, 0.5) is 5.69 Å². The second-order valence-corrected chi connectivity index (χ2v) is 6.78. The van der Waals surface area contributed by atoms with Gasteiger partial charge in [-0.05, 0) is 32.7 Å². The topological polar surface area (TPSA) is 76.0 Å². The van der Waals surface area contributed by atoms with Gasteiger partial charge in [0.05, 0.1) is 17.6 Å². The Morgan fingerprint density at radius 1 is 1.53 bits per heavy atom. The summed E-state index contributed by atoms with van der Waals surface area (Å²) in [6.07, 6.45) is 7.36. The number of aromatic nitrogens is 2. The molecule has 1 aromatic rings. The van der Waals surface area contributed by atoms with E-state index >= 15 is 0 Å². The van der Waals surface area contributed by atoms with E-state index in [4.69, 9.17) is 0 Å². The normalized spacial score (nSPS) is 20.4. The van der Waals surface area contributed by atoms with E-state index in [9.17, 15) is 8.42 Å². The van der Waals surface area contributed by atoms with E-state index in [1.54, 1.807) is 17.1 Å². The lowest BCUT2D eigenvalue weighted by atomic mass is 10.0. The molecule has 1 saturated heterocycles. The number of aryl methyl sites for hydroxylation is 1. The fraction of sp³-hybridized carbons (Fsp3) is 0.750. The Balaban J connectivity index is 1.83. The molecule has 2 rings (SSSR count). The van der Waals surface area contributed by atoms with E-state index < -0.39 is 10.0 Å². The molecule has 1 aromatic heterocycles. The standard InChI is InChI=1S/C12H22N4O2S/c1-2-16-10-12(9-14-16)15-19(17,18)8-6-11-5-3-4-7-13-11/h9-11,13,15H,2-8H2,1H3. The van der Waals surface area contributed by atoms with Crippen LogP contribution >= 0.6 is 0 Å². The molecule has 19 heavy (non-hydrogen) atoms. The third-order valence-electron chi connectivity index (χ3n) is 3.38. The lowest BCUT2D eigenvalue weighted by molar-refractivity contribution is 0.393. The van der Waals surface area contributed by atoms with Gasteiger partial charge in [-0.25, -0.2) is 8.42 Å². The molecule has 0 aliphatic carbocycles. The predicted octanol–water partition coefficient (Wildman–Crippen LogP) is 1.18. The maximum atomic E-state index is 12.0. The maximum Gasteiger partial charge on any atom is 0.232 e. The Morgan fingerprint density at radius 3 is 3.00 bits per heavy atom. The number of rotatable bonds is 6. The minimum Gasteiger partial charge on any atom is -0.314 e. The summed E-state index contributed by atoms with van der Waals surface area (Å²) in [6.45, 7) is 3.69. The molecule has 0 aromatic carbocycles. The second-order valence-electron chi connectivity index (χ2n) is 4.94. The molecule has 1 atom stereocenters. The zero-order valence-electron chi connectivity index (χ0n) is 11.3. The minimum absolute atomic E-state index is 0.155. The first kappa shape index (κ1) is 14.3. The lowest BCUT2D eigenvalue weighted by Crippen LogP contribution is -2.36. The van der Waals surface area contributed by atoms with Crippen LogP contribution in [0.15, 0.2) is 12.4 Å². The first-order valence-electron chi connectivity index (χ1n) is 6.85. The molecule has 0 amide bonds. The van der Waals surface area contributed by atoms with Crippen LogP contribution in [0, 0.1) is 0 Å². The van der Waals surface area contributed by atoms with Crippen molar-refractivity contribution in [2.24, 2.45) is 0 Å². The SMILES string of the molecule is CCn1cc(NS(=O)(=O)CCC2CCCCN2)cn1. The van der Waals surface area contributed by atoms with Gasteiger partial charge in [0, 0.05) is 18.8 Å². The van der Waals surface area contributed by atoms with E-state index in [1.165, 1.54) is 12.8 Å². The molecule has 2 N–H and O–H groups in total. The van der Waals surface area contributed by atoms with E-state index in [-0.39, 0.29) is 5.75 Å². The molecular weight excluding hydrogens is 264 g/mol. The van der Waals surface area contributed by atoms with Gasteiger partial charge < -0.3 is 5.32 Å². The monoisotopic (exact) mass is 286 g/mol. The Morgan fingerprint density at radius 2 is 2.37 bits per heavy atom. The molecule has 6 nitrogen and oxygen atoms in total. The fourth-order valence-electron chi connectivity index (χ4n) is 2.29. The average molecular weight is 286 g/mol. The van der Waals surface area contributed by atoms with Gasteiger partial charge in [-0.2, -0.15) is 5.10 Å². The van der Waals surface area contributed by atoms with Gasteiger partial charge in [0.15, 0.2) is 0 Å². The maximum absolute atomic E-state index is 12.0. The van der Waals surface area contributed by atoms with E-state index in [2.05, 4.69) is 15.1 Å². The fourth-order valence-corrected chi connectivity index (χ4v) is 3.45. The molecule has 0 spiro atoms. The van der Waals surface area contributed by atoms with Crippen molar-refractivity contribution < 1.29 is 8.42 Å². The predicted molar refractivity (Wildman–Crippen MR) is 75.6 cm³/mol. The third kappa shape index (κ3) is 4.50. The summed E-state index contributed by atoms with van der Waals surface area (Å²) < 4.78 is 28.2. The quantitative estimate of drug-likeness (QED) is 0.823. The third-order valence-corrected chi connectivity index (χ3v) is 4.70. The van der Waals surface area contributed by atoms with Crippen molar-refractivity contribution in [3.63, 3.8) is 0 Å². The largest absolute Gasteiger partial charge is 0.314 e. The summed E-state index contributed by atoms with van der Waals surface area (Å²) in [5, 5.41) is 7.41. The number of hydrogen-bond donors (Lipinski definition) is 2. The summed E-state index contributed by atoms with van der Waals surface area (Å²) in [7, 11) is -3.27. The Labute approximate surface area is 114 Å². The molecule has 1 unspecified atom stereocenters. The number of hydrogen-bond acceptors (Lipinski definition) is 4. The van der Waals surface area contributed by atoms with Crippen molar-refractivity contribution in [3.8, 4) is 0 Å². The average Bonchev–Trinajstić information content (AvgIpc) is 2.85. The highest BCUT2D eigenvalue weighted by Gasteiger charge is 2.17. The van der Waals surface area contributed by atoms with Crippen LogP contribution in [-0.4, -0.2) is 36.5 Å². The van der Waals surface area contributed by atoms with Gasteiger partial charge in [0.25, 0.3) is 0 Å². The highest BCUT2D eigenvalue weighted by Crippen LogP contribution is 2.13. The Bertz CT molecular complexity index is 492. The molecule has 1 aliphatic heterocycles. The zero-order chi connectivity index (χ0) is 13.7. The number of nitrogens with one attached hydrogen (secondary N) is 2. The van der Waals surface area contributed by atoms with Gasteiger partial charge in [-0.1, -0.05) is 6.42 Å². The minimum atomic E-state index is -3.27. The van der Waals surface area contributed by atoms with Crippen LogP contribution in [0.25, 0.3) is 0 Å². The van der Waals surface area contributed by atoms with Gasteiger partial charge in [-0.3, -0.25) is 9.40 Å². The molecule has 108 valence electrons. The van der Waals surface area contributed by atoms with E-state index in [0.717, 1.165) is 19.5 Å². The summed E-state index contributed by atoms with van der Waals surface area (Å²) in [5.41, 5.74) is 0.540. The first-order valence-corrected chi connectivity index (χ1v) is 8.50. The van der Waals surface area contributed by atoms with Crippen molar-refractivity contribution in [1.29, 1.82) is 0 Å². The number of piperidine rings is 1. The molecule has 0 bridgehead atoms. The van der Waals surface area contributed by atoms with Crippen LogP contribution < -0.4 is 10.0 Å². The van der Waals surface area contributed by atoms with Crippen LogP contribution in [0.1, 0.15) is 32.6 Å². The van der Waals surface area contributed by atoms with E-state index in [0.29, 0.717) is 18.2 Å². The van der Waals surface area contributed by atoms with Crippen molar-refractivity contribution in [2.75, 3.05) is 17.0 Å². The lowest BCUT2D eigenvalue weighted by Gasteiger charge is -2.23. The Kier molecular flexibility index (Phi) is 4.81. The van der Waals surface area contributed by atoms with Gasteiger partial charge in [-0.15, -0.1) is 0 Å². The summed E-state index contributed by atoms with van der Waals surface area (Å²) >= 11 is 0. The number of nitrogens with zero attached hydrogens (tertiary/aromatic N) is 2. The number of anilines is 1. The van der Waals surface area contributed by atoms with Crippen LogP contribution in [0.5, 0.6) is 0 Å². The van der Waals surface area contributed by atoms with Gasteiger partial charge in [0.2, 0.25) is 10.0 Å². The molecule has 7 heteroatoms. The highest BCUT2D eigenvalue weighted by molar-refractivity contribution is 7.92. The first-order chi connectivity index (χ1) is 9.09. The van der Waals surface area contributed by atoms with Gasteiger partial charge >= 0.3 is 0 Å². The number of sulfonamides is 1. The summed E-state index contributed by atoms with van der Waals surface area (Å²) in [6, 6.07) is 0.337. The van der Waals surface area contributed by atoms with Crippen LogP contribution in [0.2, 0.25) is 0 Å². The molecular formula is C12H22N4O2S. The van der Waals surface area contributed by atoms with Crippen molar-refractivity contribution >= 4 is 15.7 Å². The molecule has 0 radical (unpaired) electrons. The summed E-state index contributed by atoms with van der Waals surface area (Å²) in [4.78, 5) is 0. The highest BCUT2D eigenvalue weighted by atomic mass is 32.2.